The van der Waals surface area contributed by atoms with Crippen molar-refractivity contribution < 1.29 is 4.74 Å². The van der Waals surface area contributed by atoms with Crippen LogP contribution in [0.4, 0.5) is 0 Å². The molecular weight excluding hydrogens is 270 g/mol. The van der Waals surface area contributed by atoms with Crippen molar-refractivity contribution in [2.24, 2.45) is 11.8 Å². The standard InChI is InChI=1S/C20H35NO/c1-15(2)13-21(14-16(3)4)10-11-22-20-12-18(7)8-9-19(20)17(5)6/h8-9,12,15-17H,10-11,13-14H2,1-7H3. The fourth-order valence-electron chi connectivity index (χ4n) is 2.82. The van der Waals surface area contributed by atoms with Crippen molar-refractivity contribution in [3.05, 3.63) is 29.3 Å². The van der Waals surface area contributed by atoms with Crippen LogP contribution in [0.25, 0.3) is 0 Å². The molecule has 0 atom stereocenters. The molecule has 0 aliphatic rings. The fourth-order valence-corrected chi connectivity index (χ4v) is 2.82. The van der Waals surface area contributed by atoms with Crippen LogP contribution in [0, 0.1) is 18.8 Å². The number of hydrogen-bond donors (Lipinski definition) is 0. The normalized spacial score (nSPS) is 12.0. The lowest BCUT2D eigenvalue weighted by atomic mass is 10.0. The van der Waals surface area contributed by atoms with Crippen LogP contribution in [0.2, 0.25) is 0 Å². The Balaban J connectivity index is 2.62. The molecule has 1 aromatic carbocycles. The van der Waals surface area contributed by atoms with Crippen molar-refractivity contribution in [3.8, 4) is 5.75 Å². The average Bonchev–Trinajstić information content (AvgIpc) is 2.36. The molecule has 0 aliphatic heterocycles. The van der Waals surface area contributed by atoms with Crippen molar-refractivity contribution in [1.82, 2.24) is 4.90 Å². The Morgan fingerprint density at radius 1 is 0.955 bits per heavy atom. The molecule has 2 heteroatoms. The van der Waals surface area contributed by atoms with Gasteiger partial charge in [-0.05, 0) is 41.9 Å². The summed E-state index contributed by atoms with van der Waals surface area (Å²) >= 11 is 0. The summed E-state index contributed by atoms with van der Waals surface area (Å²) in [6, 6.07) is 6.55. The zero-order chi connectivity index (χ0) is 16.7. The van der Waals surface area contributed by atoms with Crippen molar-refractivity contribution in [2.45, 2.75) is 54.4 Å². The van der Waals surface area contributed by atoms with Gasteiger partial charge in [0.05, 0.1) is 0 Å². The van der Waals surface area contributed by atoms with E-state index in [0.717, 1.165) is 32.0 Å². The van der Waals surface area contributed by atoms with Crippen molar-refractivity contribution in [1.29, 1.82) is 0 Å². The SMILES string of the molecule is Cc1ccc(C(C)C)c(OCCN(CC(C)C)CC(C)C)c1. The van der Waals surface area contributed by atoms with E-state index in [1.54, 1.807) is 0 Å². The van der Waals surface area contributed by atoms with E-state index in [0.29, 0.717) is 17.8 Å². The first-order valence-corrected chi connectivity index (χ1v) is 8.75. The van der Waals surface area contributed by atoms with E-state index in [-0.39, 0.29) is 0 Å². The molecule has 0 spiro atoms. The Hall–Kier alpha value is -1.02. The van der Waals surface area contributed by atoms with E-state index in [1.807, 2.05) is 0 Å². The second-order valence-corrected chi connectivity index (χ2v) is 7.59. The number of ether oxygens (including phenoxy) is 1. The van der Waals surface area contributed by atoms with Gasteiger partial charge in [-0.25, -0.2) is 0 Å². The Kier molecular flexibility index (Phi) is 7.95. The summed E-state index contributed by atoms with van der Waals surface area (Å²) in [6.07, 6.45) is 0. The highest BCUT2D eigenvalue weighted by Gasteiger charge is 2.11. The average molecular weight is 306 g/mol. The van der Waals surface area contributed by atoms with Crippen LogP contribution < -0.4 is 4.74 Å². The molecule has 0 N–H and O–H groups in total. The molecule has 0 saturated carbocycles. The van der Waals surface area contributed by atoms with Crippen LogP contribution >= 0.6 is 0 Å². The molecule has 0 aliphatic carbocycles. The van der Waals surface area contributed by atoms with E-state index in [2.05, 4.69) is 71.6 Å². The Morgan fingerprint density at radius 2 is 1.55 bits per heavy atom. The largest absolute Gasteiger partial charge is 0.492 e. The maximum atomic E-state index is 6.13. The molecule has 1 rings (SSSR count). The predicted octanol–water partition coefficient (Wildman–Crippen LogP) is 5.11. The minimum Gasteiger partial charge on any atom is -0.492 e. The second kappa shape index (κ2) is 9.19. The van der Waals surface area contributed by atoms with Gasteiger partial charge in [-0.15, -0.1) is 0 Å². The van der Waals surface area contributed by atoms with Gasteiger partial charge in [0, 0.05) is 19.6 Å². The van der Waals surface area contributed by atoms with Crippen molar-refractivity contribution in [2.75, 3.05) is 26.2 Å². The predicted molar refractivity (Wildman–Crippen MR) is 96.9 cm³/mol. The van der Waals surface area contributed by atoms with Gasteiger partial charge in [-0.2, -0.15) is 0 Å². The molecule has 0 bridgehead atoms. The first kappa shape index (κ1) is 19.0. The lowest BCUT2D eigenvalue weighted by Gasteiger charge is -2.26. The highest BCUT2D eigenvalue weighted by atomic mass is 16.5. The van der Waals surface area contributed by atoms with Gasteiger partial charge in [-0.3, -0.25) is 4.90 Å². The van der Waals surface area contributed by atoms with Gasteiger partial charge in [0.2, 0.25) is 0 Å². The van der Waals surface area contributed by atoms with Crippen LogP contribution in [0.15, 0.2) is 18.2 Å². The molecule has 0 unspecified atom stereocenters. The molecule has 22 heavy (non-hydrogen) atoms. The summed E-state index contributed by atoms with van der Waals surface area (Å²) in [5, 5.41) is 0. The topological polar surface area (TPSA) is 12.5 Å². The Bertz CT molecular complexity index is 427. The summed E-state index contributed by atoms with van der Waals surface area (Å²) in [4.78, 5) is 2.53. The van der Waals surface area contributed by atoms with Gasteiger partial charge in [0.15, 0.2) is 0 Å². The van der Waals surface area contributed by atoms with Crippen molar-refractivity contribution >= 4 is 0 Å². The van der Waals surface area contributed by atoms with E-state index in [9.17, 15) is 0 Å². The van der Waals surface area contributed by atoms with Crippen molar-refractivity contribution in [3.63, 3.8) is 0 Å². The van der Waals surface area contributed by atoms with Crippen LogP contribution in [0.1, 0.15) is 58.6 Å². The molecule has 0 fully saturated rings. The Labute approximate surface area is 137 Å². The minimum absolute atomic E-state index is 0.498. The van der Waals surface area contributed by atoms with Crippen LogP contribution in [-0.2, 0) is 0 Å². The van der Waals surface area contributed by atoms with Gasteiger partial charge in [0.1, 0.15) is 12.4 Å². The molecule has 126 valence electrons. The molecule has 1 aromatic rings. The maximum Gasteiger partial charge on any atom is 0.123 e. The number of hydrogen-bond acceptors (Lipinski definition) is 2. The summed E-state index contributed by atoms with van der Waals surface area (Å²) in [5.74, 6) is 2.95. The van der Waals surface area contributed by atoms with Crippen LogP contribution in [-0.4, -0.2) is 31.1 Å². The quantitative estimate of drug-likeness (QED) is 0.628. The number of aryl methyl sites for hydroxylation is 1. The Morgan fingerprint density at radius 3 is 2.05 bits per heavy atom. The molecule has 2 nitrogen and oxygen atoms in total. The zero-order valence-corrected chi connectivity index (χ0v) is 15.6. The van der Waals surface area contributed by atoms with Gasteiger partial charge in [0.25, 0.3) is 0 Å². The van der Waals surface area contributed by atoms with Gasteiger partial charge in [-0.1, -0.05) is 53.7 Å². The van der Waals surface area contributed by atoms with E-state index < -0.39 is 0 Å². The third kappa shape index (κ3) is 6.83. The smallest absolute Gasteiger partial charge is 0.123 e. The van der Waals surface area contributed by atoms with Gasteiger partial charge >= 0.3 is 0 Å². The monoisotopic (exact) mass is 305 g/mol. The highest BCUT2D eigenvalue weighted by molar-refractivity contribution is 5.39. The summed E-state index contributed by atoms with van der Waals surface area (Å²) in [6.45, 7) is 19.8. The lowest BCUT2D eigenvalue weighted by Crippen LogP contribution is -2.34. The highest BCUT2D eigenvalue weighted by Crippen LogP contribution is 2.27. The summed E-state index contributed by atoms with van der Waals surface area (Å²) in [7, 11) is 0. The molecule has 0 aromatic heterocycles. The molecular formula is C20H35NO. The number of benzene rings is 1. The first-order chi connectivity index (χ1) is 10.3. The second-order valence-electron chi connectivity index (χ2n) is 7.59. The first-order valence-electron chi connectivity index (χ1n) is 8.75. The maximum absolute atomic E-state index is 6.13. The van der Waals surface area contributed by atoms with E-state index in [4.69, 9.17) is 4.74 Å². The van der Waals surface area contributed by atoms with E-state index in [1.165, 1.54) is 11.1 Å². The van der Waals surface area contributed by atoms with Crippen LogP contribution in [0.5, 0.6) is 5.75 Å². The third-order valence-electron chi connectivity index (χ3n) is 3.70. The van der Waals surface area contributed by atoms with Gasteiger partial charge < -0.3 is 4.74 Å². The fraction of sp³-hybridized carbons (Fsp3) is 0.700. The lowest BCUT2D eigenvalue weighted by molar-refractivity contribution is 0.176. The summed E-state index contributed by atoms with van der Waals surface area (Å²) in [5.41, 5.74) is 2.57. The molecule has 0 heterocycles. The zero-order valence-electron chi connectivity index (χ0n) is 15.6. The minimum atomic E-state index is 0.498. The number of rotatable bonds is 9. The molecule has 0 saturated heterocycles. The molecule has 0 radical (unpaired) electrons. The number of nitrogens with zero attached hydrogens (tertiary/aromatic N) is 1. The third-order valence-corrected chi connectivity index (χ3v) is 3.70. The van der Waals surface area contributed by atoms with E-state index >= 15 is 0 Å². The summed E-state index contributed by atoms with van der Waals surface area (Å²) < 4.78 is 6.13. The molecule has 0 amide bonds. The van der Waals surface area contributed by atoms with Crippen LogP contribution in [0.3, 0.4) is 0 Å².